The van der Waals surface area contributed by atoms with Gasteiger partial charge in [0.15, 0.2) is 5.60 Å². The summed E-state index contributed by atoms with van der Waals surface area (Å²) < 4.78 is 0. The molecule has 6 atom stereocenters. The molecule has 0 bridgehead atoms. The molecule has 1 aromatic rings. The number of ketones is 1. The number of carbonyl (C=O) groups excluding carboxylic acids is 1. The Balaban J connectivity index is 1.78. The number of carboxylic acids is 1. The highest BCUT2D eigenvalue weighted by molar-refractivity contribution is 5.90. The minimum absolute atomic E-state index is 0.0572. The SMILES string of the molecule is CC(O)(C(=O)O)[C@@H]1CC(=O)[C@@]2(C)CC[C@@H]3c4ccccc4CC[C@H]3[C@H]12. The number of aryl methyl sites for hydroxylation is 1. The van der Waals surface area contributed by atoms with E-state index in [4.69, 9.17) is 0 Å². The quantitative estimate of drug-likeness (QED) is 0.866. The van der Waals surface area contributed by atoms with Crippen molar-refractivity contribution in [3.63, 3.8) is 0 Å². The summed E-state index contributed by atoms with van der Waals surface area (Å²) in [5.74, 6) is -0.982. The fourth-order valence-electron chi connectivity index (χ4n) is 6.11. The molecular formula is C21H26O4. The molecule has 3 aliphatic rings. The summed E-state index contributed by atoms with van der Waals surface area (Å²) in [5, 5.41) is 20.3. The van der Waals surface area contributed by atoms with E-state index >= 15 is 0 Å². The largest absolute Gasteiger partial charge is 0.479 e. The molecule has 4 nitrogen and oxygen atoms in total. The average molecular weight is 342 g/mol. The van der Waals surface area contributed by atoms with Crippen molar-refractivity contribution in [3.05, 3.63) is 35.4 Å². The lowest BCUT2D eigenvalue weighted by Gasteiger charge is -2.51. The highest BCUT2D eigenvalue weighted by Gasteiger charge is 2.63. The summed E-state index contributed by atoms with van der Waals surface area (Å²) in [5.41, 5.74) is 0.418. The van der Waals surface area contributed by atoms with Crippen LogP contribution < -0.4 is 0 Å². The number of hydrogen-bond acceptors (Lipinski definition) is 3. The van der Waals surface area contributed by atoms with E-state index in [-0.39, 0.29) is 24.0 Å². The number of fused-ring (bicyclic) bond motifs is 5. The maximum absolute atomic E-state index is 12.8. The number of aliphatic hydroxyl groups is 1. The second-order valence-electron chi connectivity index (χ2n) is 8.68. The smallest absolute Gasteiger partial charge is 0.335 e. The van der Waals surface area contributed by atoms with Crippen LogP contribution in [-0.2, 0) is 16.0 Å². The van der Waals surface area contributed by atoms with E-state index in [1.807, 2.05) is 6.92 Å². The van der Waals surface area contributed by atoms with Crippen molar-refractivity contribution in [3.8, 4) is 0 Å². The van der Waals surface area contributed by atoms with Crippen LogP contribution in [0.1, 0.15) is 56.6 Å². The maximum atomic E-state index is 12.8. The second-order valence-corrected chi connectivity index (χ2v) is 8.68. The number of rotatable bonds is 2. The summed E-state index contributed by atoms with van der Waals surface area (Å²) in [7, 11) is 0. The number of carboxylic acid groups (broad SMARTS) is 1. The summed E-state index contributed by atoms with van der Waals surface area (Å²) in [4.78, 5) is 24.5. The van der Waals surface area contributed by atoms with Crippen molar-refractivity contribution in [2.45, 2.75) is 57.5 Å². The molecule has 1 unspecified atom stereocenters. The Kier molecular flexibility index (Phi) is 3.63. The molecule has 134 valence electrons. The zero-order valence-electron chi connectivity index (χ0n) is 14.9. The number of benzene rings is 1. The average Bonchev–Trinajstić information content (AvgIpc) is 2.86. The van der Waals surface area contributed by atoms with Crippen molar-refractivity contribution < 1.29 is 19.8 Å². The first kappa shape index (κ1) is 16.8. The van der Waals surface area contributed by atoms with Gasteiger partial charge in [-0.25, -0.2) is 4.79 Å². The fourth-order valence-corrected chi connectivity index (χ4v) is 6.11. The Labute approximate surface area is 148 Å². The van der Waals surface area contributed by atoms with E-state index in [2.05, 4.69) is 24.3 Å². The highest BCUT2D eigenvalue weighted by Crippen LogP contribution is 2.63. The molecular weight excluding hydrogens is 316 g/mol. The summed E-state index contributed by atoms with van der Waals surface area (Å²) in [6.07, 6.45) is 3.90. The van der Waals surface area contributed by atoms with Gasteiger partial charge in [0.1, 0.15) is 5.78 Å². The lowest BCUT2D eigenvalue weighted by atomic mass is 9.53. The Morgan fingerprint density at radius 1 is 1.28 bits per heavy atom. The van der Waals surface area contributed by atoms with Crippen LogP contribution in [0.5, 0.6) is 0 Å². The first-order valence-corrected chi connectivity index (χ1v) is 9.33. The van der Waals surface area contributed by atoms with Crippen LogP contribution in [-0.4, -0.2) is 27.6 Å². The molecule has 25 heavy (non-hydrogen) atoms. The third kappa shape index (κ3) is 2.23. The van der Waals surface area contributed by atoms with Crippen LogP contribution in [0.15, 0.2) is 24.3 Å². The van der Waals surface area contributed by atoms with Gasteiger partial charge in [0.05, 0.1) is 0 Å². The van der Waals surface area contributed by atoms with Crippen molar-refractivity contribution in [1.82, 2.24) is 0 Å². The standard InChI is InChI=1S/C21H26O4/c1-20-10-9-14-13-6-4-3-5-12(13)7-8-15(14)18(20)16(11-17(20)22)21(2,25)19(23)24/h3-6,14-16,18,25H,7-11H2,1-2H3,(H,23,24)/t14-,15-,16-,18-,20-,21?/m1/s1. The lowest BCUT2D eigenvalue weighted by molar-refractivity contribution is -0.167. The fraction of sp³-hybridized carbons (Fsp3) is 0.619. The van der Waals surface area contributed by atoms with Crippen molar-refractivity contribution in [1.29, 1.82) is 0 Å². The van der Waals surface area contributed by atoms with Gasteiger partial charge in [-0.3, -0.25) is 4.79 Å². The molecule has 0 spiro atoms. The molecule has 2 saturated carbocycles. The van der Waals surface area contributed by atoms with Crippen LogP contribution in [0.4, 0.5) is 0 Å². The van der Waals surface area contributed by atoms with E-state index in [9.17, 15) is 19.8 Å². The zero-order valence-corrected chi connectivity index (χ0v) is 14.9. The van der Waals surface area contributed by atoms with Gasteiger partial charge in [0.2, 0.25) is 0 Å². The second kappa shape index (κ2) is 5.41. The third-order valence-electron chi connectivity index (χ3n) is 7.52. The van der Waals surface area contributed by atoms with Crippen molar-refractivity contribution in [2.24, 2.45) is 23.2 Å². The molecule has 0 aromatic heterocycles. The molecule has 0 heterocycles. The summed E-state index contributed by atoms with van der Waals surface area (Å²) in [6.45, 7) is 3.38. The summed E-state index contributed by atoms with van der Waals surface area (Å²) in [6, 6.07) is 8.52. The number of Topliss-reactive ketones (excluding diaryl/α,β-unsaturated/α-hetero) is 1. The van der Waals surface area contributed by atoms with Gasteiger partial charge in [-0.05, 0) is 61.5 Å². The van der Waals surface area contributed by atoms with E-state index in [0.29, 0.717) is 5.92 Å². The normalized spacial score (nSPS) is 39.1. The molecule has 0 saturated heterocycles. The third-order valence-corrected chi connectivity index (χ3v) is 7.52. The first-order valence-electron chi connectivity index (χ1n) is 9.33. The molecule has 1 aromatic carbocycles. The van der Waals surface area contributed by atoms with E-state index in [1.165, 1.54) is 18.1 Å². The van der Waals surface area contributed by atoms with Gasteiger partial charge in [0, 0.05) is 17.8 Å². The zero-order chi connectivity index (χ0) is 18.0. The Morgan fingerprint density at radius 2 is 2.00 bits per heavy atom. The minimum atomic E-state index is -1.85. The van der Waals surface area contributed by atoms with Crippen LogP contribution >= 0.6 is 0 Å². The summed E-state index contributed by atoms with van der Waals surface area (Å²) >= 11 is 0. The predicted molar refractivity (Wildman–Crippen MR) is 93.2 cm³/mol. The number of carbonyl (C=O) groups is 2. The molecule has 4 rings (SSSR count). The highest BCUT2D eigenvalue weighted by atomic mass is 16.4. The Morgan fingerprint density at radius 3 is 2.72 bits per heavy atom. The predicted octanol–water partition coefficient (Wildman–Crippen LogP) is 3.17. The van der Waals surface area contributed by atoms with Crippen molar-refractivity contribution >= 4 is 11.8 Å². The lowest BCUT2D eigenvalue weighted by Crippen LogP contribution is -2.51. The Bertz CT molecular complexity index is 737. The Hall–Kier alpha value is -1.68. The molecule has 0 aliphatic heterocycles. The van der Waals surface area contributed by atoms with Gasteiger partial charge in [0.25, 0.3) is 0 Å². The van der Waals surface area contributed by atoms with Gasteiger partial charge < -0.3 is 10.2 Å². The van der Waals surface area contributed by atoms with Crippen molar-refractivity contribution in [2.75, 3.05) is 0 Å². The topological polar surface area (TPSA) is 74.6 Å². The van der Waals surface area contributed by atoms with E-state index in [0.717, 1.165) is 25.7 Å². The first-order chi connectivity index (χ1) is 11.8. The molecule has 2 fully saturated rings. The maximum Gasteiger partial charge on any atom is 0.335 e. The molecule has 4 heteroatoms. The van der Waals surface area contributed by atoms with Crippen LogP contribution in [0, 0.1) is 23.2 Å². The number of hydrogen-bond donors (Lipinski definition) is 2. The van der Waals surface area contributed by atoms with Crippen LogP contribution in [0.2, 0.25) is 0 Å². The van der Waals surface area contributed by atoms with Gasteiger partial charge >= 0.3 is 5.97 Å². The van der Waals surface area contributed by atoms with E-state index in [1.54, 1.807) is 0 Å². The molecule has 0 radical (unpaired) electrons. The van der Waals surface area contributed by atoms with Crippen LogP contribution in [0.3, 0.4) is 0 Å². The monoisotopic (exact) mass is 342 g/mol. The van der Waals surface area contributed by atoms with E-state index < -0.39 is 22.9 Å². The molecule has 0 amide bonds. The molecule has 3 aliphatic carbocycles. The minimum Gasteiger partial charge on any atom is -0.479 e. The number of aliphatic carboxylic acids is 1. The van der Waals surface area contributed by atoms with Gasteiger partial charge in [-0.2, -0.15) is 0 Å². The molecule has 2 N–H and O–H groups in total. The van der Waals surface area contributed by atoms with Gasteiger partial charge in [-0.15, -0.1) is 0 Å². The van der Waals surface area contributed by atoms with Crippen LogP contribution in [0.25, 0.3) is 0 Å². The van der Waals surface area contributed by atoms with Gasteiger partial charge in [-0.1, -0.05) is 31.2 Å².